The van der Waals surface area contributed by atoms with Crippen molar-refractivity contribution >= 4 is 23.5 Å². The van der Waals surface area contributed by atoms with Gasteiger partial charge in [-0.15, -0.1) is 0 Å². The van der Waals surface area contributed by atoms with E-state index in [1.165, 1.54) is 6.20 Å². The molecular weight excluding hydrogens is 656 g/mol. The van der Waals surface area contributed by atoms with Crippen molar-refractivity contribution < 1.29 is 29.3 Å². The third-order valence-corrected chi connectivity index (χ3v) is 9.50. The molecule has 1 fully saturated rings. The van der Waals surface area contributed by atoms with Gasteiger partial charge in [-0.25, -0.2) is 0 Å². The Morgan fingerprint density at radius 3 is 2.38 bits per heavy atom. The third kappa shape index (κ3) is 8.08. The quantitative estimate of drug-likeness (QED) is 0.159. The van der Waals surface area contributed by atoms with Crippen LogP contribution < -0.4 is 9.47 Å². The Balaban J connectivity index is 1.42. The molecule has 10 nitrogen and oxygen atoms in total. The molecule has 1 aromatic heterocycles. The molecule has 2 N–H and O–H groups in total. The lowest BCUT2D eigenvalue weighted by Gasteiger charge is -2.23. The maximum Gasteiger partial charge on any atom is 0.321 e. The minimum Gasteiger partial charge on any atom is -0.488 e. The van der Waals surface area contributed by atoms with E-state index >= 15 is 0 Å². The van der Waals surface area contributed by atoms with Gasteiger partial charge in [0.05, 0.1) is 16.7 Å². The zero-order chi connectivity index (χ0) is 35.9. The summed E-state index contributed by atoms with van der Waals surface area (Å²) in [7, 11) is 0. The smallest absolute Gasteiger partial charge is 0.321 e. The number of aromatic nitrogens is 1. The normalized spacial score (nSPS) is 15.8. The Hall–Kier alpha value is -4.95. The van der Waals surface area contributed by atoms with E-state index in [-0.39, 0.29) is 38.6 Å². The van der Waals surface area contributed by atoms with Crippen LogP contribution >= 0.6 is 11.6 Å². The van der Waals surface area contributed by atoms with Gasteiger partial charge in [0.1, 0.15) is 36.8 Å². The van der Waals surface area contributed by atoms with E-state index in [4.69, 9.17) is 21.1 Å². The number of rotatable bonds is 13. The Morgan fingerprint density at radius 1 is 0.980 bits per heavy atom. The van der Waals surface area contributed by atoms with E-state index in [2.05, 4.69) is 11.1 Å². The number of carbonyl (C=O) groups is 2. The van der Waals surface area contributed by atoms with Crippen LogP contribution in [0.25, 0.3) is 11.1 Å². The third-order valence-electron chi connectivity index (χ3n) is 9.21. The van der Waals surface area contributed by atoms with E-state index < -0.39 is 18.1 Å². The van der Waals surface area contributed by atoms with Crippen molar-refractivity contribution in [2.45, 2.75) is 66.0 Å². The summed E-state index contributed by atoms with van der Waals surface area (Å²) in [6.07, 6.45) is 2.44. The van der Waals surface area contributed by atoms with Crippen LogP contribution in [0.3, 0.4) is 0 Å². The van der Waals surface area contributed by atoms with E-state index in [0.29, 0.717) is 51.9 Å². The van der Waals surface area contributed by atoms with Crippen molar-refractivity contribution in [3.05, 3.63) is 111 Å². The molecule has 1 aliphatic rings. The molecule has 0 saturated carbocycles. The molecule has 2 heterocycles. The summed E-state index contributed by atoms with van der Waals surface area (Å²) in [6, 6.07) is 18.1. The number of aliphatic carboxylic acids is 1. The molecule has 0 spiro atoms. The fourth-order valence-corrected chi connectivity index (χ4v) is 6.63. The molecule has 1 amide bonds. The summed E-state index contributed by atoms with van der Waals surface area (Å²) in [5.74, 6) is -0.202. The number of benzene rings is 3. The van der Waals surface area contributed by atoms with Crippen molar-refractivity contribution in [1.29, 1.82) is 5.26 Å². The number of aliphatic hydroxyl groups is 1. The predicted molar refractivity (Wildman–Crippen MR) is 190 cm³/mol. The number of amides is 1. The van der Waals surface area contributed by atoms with E-state index in [1.54, 1.807) is 29.3 Å². The highest BCUT2D eigenvalue weighted by molar-refractivity contribution is 6.32. The number of hydrogen-bond donors (Lipinski definition) is 2. The highest BCUT2D eigenvalue weighted by atomic mass is 35.5. The maximum absolute atomic E-state index is 13.2. The molecule has 50 heavy (non-hydrogen) atoms. The van der Waals surface area contributed by atoms with Gasteiger partial charge in [-0.3, -0.25) is 19.5 Å². The topological polar surface area (TPSA) is 136 Å². The summed E-state index contributed by atoms with van der Waals surface area (Å²) in [4.78, 5) is 32.8. The number of nitrogens with zero attached hydrogens (tertiary/aromatic N) is 4. The number of nitriles is 1. The van der Waals surface area contributed by atoms with Gasteiger partial charge in [-0.1, -0.05) is 41.9 Å². The molecular formula is C39H41ClN4O6. The second kappa shape index (κ2) is 16.2. The number of carbonyl (C=O) groups excluding carboxylic acids is 1. The van der Waals surface area contributed by atoms with Gasteiger partial charge < -0.3 is 24.6 Å². The molecule has 0 radical (unpaired) electrons. The van der Waals surface area contributed by atoms with E-state index in [1.807, 2.05) is 69.0 Å². The average molecular weight is 697 g/mol. The van der Waals surface area contributed by atoms with Crippen molar-refractivity contribution in [2.75, 3.05) is 19.6 Å². The van der Waals surface area contributed by atoms with Crippen LogP contribution in [0.4, 0.5) is 0 Å². The Kier molecular flexibility index (Phi) is 11.8. The van der Waals surface area contributed by atoms with Crippen LogP contribution in [0.2, 0.25) is 5.02 Å². The second-order valence-corrected chi connectivity index (χ2v) is 12.8. The fraction of sp³-hybridized carbons (Fsp3) is 0.333. The first kappa shape index (κ1) is 36.3. The number of hydrogen-bond acceptors (Lipinski definition) is 8. The first-order valence-corrected chi connectivity index (χ1v) is 17.0. The summed E-state index contributed by atoms with van der Waals surface area (Å²) in [6.45, 7) is 9.89. The average Bonchev–Trinajstić information content (AvgIpc) is 3.48. The van der Waals surface area contributed by atoms with Gasteiger partial charge in [-0.2, -0.15) is 5.26 Å². The summed E-state index contributed by atoms with van der Waals surface area (Å²) < 4.78 is 12.5. The van der Waals surface area contributed by atoms with Gasteiger partial charge in [-0.05, 0) is 73.7 Å². The molecule has 1 saturated heterocycles. The summed E-state index contributed by atoms with van der Waals surface area (Å²) in [5.41, 5.74) is 7.20. The van der Waals surface area contributed by atoms with E-state index in [0.717, 1.165) is 27.8 Å². The minimum absolute atomic E-state index is 0.0102. The number of aliphatic hydroxyl groups excluding tert-OH is 1. The Bertz CT molecular complexity index is 1920. The fourth-order valence-electron chi connectivity index (χ4n) is 6.39. The standard InChI is InChI=1S/C39H41ClN4O6/c1-5-43(6-2)38(46)33-12-8-11-32(25(33)4)31-10-7-9-28(24(31)3)23-50-37-16-36(49-22-27-13-26(17-41)18-42-19-27)29(14-34(37)40)20-44-21-30(45)15-35(44)39(47)48/h7-14,16,18-19,30,35,45H,5-6,15,20-23H2,1-4H3,(H,47,48)/t30-,35-/m0/s1. The van der Waals surface area contributed by atoms with Crippen molar-refractivity contribution in [3.63, 3.8) is 0 Å². The number of ether oxygens (including phenoxy) is 2. The van der Waals surface area contributed by atoms with Gasteiger partial charge in [0.25, 0.3) is 5.91 Å². The number of likely N-dealkylation sites (tertiary alicyclic amines) is 1. The molecule has 0 unspecified atom stereocenters. The van der Waals surface area contributed by atoms with Crippen molar-refractivity contribution in [2.24, 2.45) is 0 Å². The SMILES string of the molecule is CCN(CC)C(=O)c1cccc(-c2cccc(COc3cc(OCc4cncc(C#N)c4)c(CN4C[C@@H](O)C[C@H]4C(=O)O)cc3Cl)c2C)c1C. The highest BCUT2D eigenvalue weighted by Crippen LogP contribution is 2.37. The first-order valence-electron chi connectivity index (χ1n) is 16.6. The molecule has 3 aromatic carbocycles. The van der Waals surface area contributed by atoms with Crippen LogP contribution in [-0.2, 0) is 24.6 Å². The van der Waals surface area contributed by atoms with Crippen molar-refractivity contribution in [3.8, 4) is 28.7 Å². The number of carboxylic acid groups (broad SMARTS) is 1. The molecule has 5 rings (SSSR count). The zero-order valence-corrected chi connectivity index (χ0v) is 29.4. The molecule has 0 aliphatic carbocycles. The van der Waals surface area contributed by atoms with E-state index in [9.17, 15) is 25.1 Å². The summed E-state index contributed by atoms with van der Waals surface area (Å²) in [5, 5.41) is 29.6. The number of pyridine rings is 1. The van der Waals surface area contributed by atoms with Crippen LogP contribution in [0.1, 0.15) is 64.0 Å². The lowest BCUT2D eigenvalue weighted by Crippen LogP contribution is -2.35. The van der Waals surface area contributed by atoms with Crippen LogP contribution in [0.5, 0.6) is 11.5 Å². The van der Waals surface area contributed by atoms with Crippen LogP contribution in [-0.4, -0.2) is 68.7 Å². The van der Waals surface area contributed by atoms with Crippen LogP contribution in [0.15, 0.2) is 67.0 Å². The monoisotopic (exact) mass is 696 g/mol. The first-order chi connectivity index (χ1) is 24.0. The number of carboxylic acids is 1. The highest BCUT2D eigenvalue weighted by Gasteiger charge is 2.36. The predicted octanol–water partition coefficient (Wildman–Crippen LogP) is 6.55. The van der Waals surface area contributed by atoms with Gasteiger partial charge >= 0.3 is 5.97 Å². The van der Waals surface area contributed by atoms with Crippen molar-refractivity contribution in [1.82, 2.24) is 14.8 Å². The largest absolute Gasteiger partial charge is 0.488 e. The Labute approximate surface area is 297 Å². The van der Waals surface area contributed by atoms with Crippen LogP contribution in [0, 0.1) is 25.2 Å². The Morgan fingerprint density at radius 2 is 1.68 bits per heavy atom. The zero-order valence-electron chi connectivity index (χ0n) is 28.6. The number of halogens is 1. The van der Waals surface area contributed by atoms with Gasteiger partial charge in [0.2, 0.25) is 0 Å². The molecule has 4 aromatic rings. The lowest BCUT2D eigenvalue weighted by molar-refractivity contribution is -0.142. The molecule has 0 bridgehead atoms. The molecule has 260 valence electrons. The van der Waals surface area contributed by atoms with Gasteiger partial charge in [0.15, 0.2) is 0 Å². The second-order valence-electron chi connectivity index (χ2n) is 12.4. The molecule has 11 heteroatoms. The number of β-amino-alcohol motifs (C(OH)–C–C–N with tert-alkyl or cyclic N) is 1. The maximum atomic E-state index is 13.2. The lowest BCUT2D eigenvalue weighted by atomic mass is 9.91. The van der Waals surface area contributed by atoms with Gasteiger partial charge in [0, 0.05) is 67.8 Å². The minimum atomic E-state index is -1.01. The molecule has 2 atom stereocenters. The molecule has 1 aliphatic heterocycles. The summed E-state index contributed by atoms with van der Waals surface area (Å²) >= 11 is 6.77.